The van der Waals surface area contributed by atoms with Crippen LogP contribution in [-0.4, -0.2) is 50.8 Å². The number of piperazine rings is 1. The molecule has 6 heteroatoms. The highest BCUT2D eigenvalue weighted by atomic mass is 16.5. The molecule has 0 aliphatic carbocycles. The van der Waals surface area contributed by atoms with Crippen molar-refractivity contribution < 1.29 is 14.3 Å². The van der Waals surface area contributed by atoms with Crippen LogP contribution in [0.2, 0.25) is 0 Å². The molecule has 0 radical (unpaired) electrons. The summed E-state index contributed by atoms with van der Waals surface area (Å²) in [7, 11) is 1.64. The van der Waals surface area contributed by atoms with Gasteiger partial charge in [0.15, 0.2) is 0 Å². The molecule has 0 aromatic heterocycles. The molecule has 2 amide bonds. The summed E-state index contributed by atoms with van der Waals surface area (Å²) in [5.74, 6) is 1.68. The number of methoxy groups -OCH3 is 1. The van der Waals surface area contributed by atoms with Gasteiger partial charge in [0.25, 0.3) is 0 Å². The third-order valence-electron chi connectivity index (χ3n) is 4.70. The van der Waals surface area contributed by atoms with Crippen molar-refractivity contribution >= 4 is 11.7 Å². The number of urea groups is 1. The Hall–Kier alpha value is -2.89. The number of carbonyl (C=O) groups excluding carboxylic acids is 1. The highest BCUT2D eigenvalue weighted by Crippen LogP contribution is 2.28. The Labute approximate surface area is 160 Å². The quantitative estimate of drug-likeness (QED) is 0.850. The van der Waals surface area contributed by atoms with Crippen molar-refractivity contribution in [3.63, 3.8) is 0 Å². The van der Waals surface area contributed by atoms with Crippen molar-refractivity contribution in [2.45, 2.75) is 13.5 Å². The molecule has 144 valence electrons. The van der Waals surface area contributed by atoms with Crippen molar-refractivity contribution in [3.8, 4) is 11.5 Å². The van der Waals surface area contributed by atoms with E-state index >= 15 is 0 Å². The maximum atomic E-state index is 12.5. The van der Waals surface area contributed by atoms with E-state index in [4.69, 9.17) is 9.47 Å². The maximum Gasteiger partial charge on any atom is 0.317 e. The fourth-order valence-electron chi connectivity index (χ4n) is 3.28. The molecule has 1 aliphatic heterocycles. The number of amides is 2. The van der Waals surface area contributed by atoms with E-state index in [9.17, 15) is 4.79 Å². The zero-order valence-electron chi connectivity index (χ0n) is 16.0. The van der Waals surface area contributed by atoms with Gasteiger partial charge in [-0.15, -0.1) is 0 Å². The number of nitrogens with one attached hydrogen (secondary N) is 1. The summed E-state index contributed by atoms with van der Waals surface area (Å²) < 4.78 is 11.1. The Bertz CT molecular complexity index is 758. The Morgan fingerprint density at radius 1 is 1.00 bits per heavy atom. The SMILES string of the molecule is CCOc1ccccc1N1CCN(C(=O)NCc2ccccc2OC)CC1. The smallest absolute Gasteiger partial charge is 0.317 e. The lowest BCUT2D eigenvalue weighted by molar-refractivity contribution is 0.193. The predicted octanol–water partition coefficient (Wildman–Crippen LogP) is 3.13. The van der Waals surface area contributed by atoms with Gasteiger partial charge in [0, 0.05) is 38.3 Å². The van der Waals surface area contributed by atoms with E-state index in [2.05, 4.69) is 16.3 Å². The molecule has 1 saturated heterocycles. The van der Waals surface area contributed by atoms with Crippen molar-refractivity contribution in [1.29, 1.82) is 0 Å². The van der Waals surface area contributed by atoms with Gasteiger partial charge in [-0.1, -0.05) is 30.3 Å². The lowest BCUT2D eigenvalue weighted by Gasteiger charge is -2.36. The number of benzene rings is 2. The summed E-state index contributed by atoms with van der Waals surface area (Å²) in [6.07, 6.45) is 0. The fourth-order valence-corrected chi connectivity index (χ4v) is 3.28. The fraction of sp³-hybridized carbons (Fsp3) is 0.381. The first-order valence-corrected chi connectivity index (χ1v) is 9.34. The molecule has 0 bridgehead atoms. The second kappa shape index (κ2) is 9.16. The molecule has 0 spiro atoms. The van der Waals surface area contributed by atoms with Crippen LogP contribution in [0.25, 0.3) is 0 Å². The maximum absolute atomic E-state index is 12.5. The van der Waals surface area contributed by atoms with Crippen LogP contribution in [0, 0.1) is 0 Å². The van der Waals surface area contributed by atoms with Crippen molar-refractivity contribution in [2.75, 3.05) is 44.8 Å². The van der Waals surface area contributed by atoms with Crippen molar-refractivity contribution in [3.05, 3.63) is 54.1 Å². The molecule has 3 rings (SSSR count). The molecule has 2 aromatic rings. The van der Waals surface area contributed by atoms with Crippen LogP contribution in [0.15, 0.2) is 48.5 Å². The Balaban J connectivity index is 1.54. The minimum atomic E-state index is -0.0429. The third-order valence-corrected chi connectivity index (χ3v) is 4.70. The third kappa shape index (κ3) is 4.64. The summed E-state index contributed by atoms with van der Waals surface area (Å²) >= 11 is 0. The van der Waals surface area contributed by atoms with E-state index in [1.54, 1.807) is 7.11 Å². The largest absolute Gasteiger partial charge is 0.496 e. The van der Waals surface area contributed by atoms with Gasteiger partial charge in [0.05, 0.1) is 19.4 Å². The van der Waals surface area contributed by atoms with E-state index in [1.165, 1.54) is 0 Å². The molecule has 6 nitrogen and oxygen atoms in total. The number of ether oxygens (including phenoxy) is 2. The van der Waals surface area contributed by atoms with E-state index < -0.39 is 0 Å². The minimum Gasteiger partial charge on any atom is -0.496 e. The van der Waals surface area contributed by atoms with Gasteiger partial charge in [-0.2, -0.15) is 0 Å². The Morgan fingerprint density at radius 2 is 1.67 bits per heavy atom. The number of rotatable bonds is 6. The normalized spacial score (nSPS) is 14.0. The molecule has 0 unspecified atom stereocenters. The summed E-state index contributed by atoms with van der Waals surface area (Å²) in [6.45, 7) is 6.01. The average molecular weight is 369 g/mol. The number of hydrogen-bond donors (Lipinski definition) is 1. The standard InChI is InChI=1S/C21H27N3O3/c1-3-27-20-11-7-5-9-18(20)23-12-14-24(15-13-23)21(25)22-16-17-8-4-6-10-19(17)26-2/h4-11H,3,12-16H2,1-2H3,(H,22,25). The second-order valence-electron chi connectivity index (χ2n) is 6.35. The topological polar surface area (TPSA) is 54.0 Å². The van der Waals surface area contributed by atoms with Crippen LogP contribution in [0.5, 0.6) is 11.5 Å². The van der Waals surface area contributed by atoms with E-state index in [0.29, 0.717) is 26.2 Å². The van der Waals surface area contributed by atoms with Gasteiger partial charge in [0.2, 0.25) is 0 Å². The molecule has 1 fully saturated rings. The van der Waals surface area contributed by atoms with E-state index in [0.717, 1.165) is 35.8 Å². The lowest BCUT2D eigenvalue weighted by Crippen LogP contribution is -2.51. The second-order valence-corrected chi connectivity index (χ2v) is 6.35. The highest BCUT2D eigenvalue weighted by Gasteiger charge is 2.22. The van der Waals surface area contributed by atoms with Crippen LogP contribution in [-0.2, 0) is 6.54 Å². The summed E-state index contributed by atoms with van der Waals surface area (Å²) in [5.41, 5.74) is 2.06. The average Bonchev–Trinajstić information content (AvgIpc) is 2.73. The molecule has 1 aliphatic rings. The summed E-state index contributed by atoms with van der Waals surface area (Å²) in [6, 6.07) is 15.7. The molecular formula is C21H27N3O3. The molecule has 1 heterocycles. The van der Waals surface area contributed by atoms with Crippen molar-refractivity contribution in [1.82, 2.24) is 10.2 Å². The number of hydrogen-bond acceptors (Lipinski definition) is 4. The number of nitrogens with zero attached hydrogens (tertiary/aromatic N) is 2. The van der Waals surface area contributed by atoms with Gasteiger partial charge in [-0.05, 0) is 25.1 Å². The number of carbonyl (C=O) groups is 1. The lowest BCUT2D eigenvalue weighted by atomic mass is 10.2. The van der Waals surface area contributed by atoms with Gasteiger partial charge in [0.1, 0.15) is 11.5 Å². The van der Waals surface area contributed by atoms with Crippen LogP contribution in [0.3, 0.4) is 0 Å². The van der Waals surface area contributed by atoms with Gasteiger partial charge >= 0.3 is 6.03 Å². The van der Waals surface area contributed by atoms with Crippen LogP contribution >= 0.6 is 0 Å². The molecular weight excluding hydrogens is 342 g/mol. The predicted molar refractivity (Wildman–Crippen MR) is 107 cm³/mol. The van der Waals surface area contributed by atoms with E-state index in [1.807, 2.05) is 54.3 Å². The Morgan fingerprint density at radius 3 is 2.37 bits per heavy atom. The first-order chi connectivity index (χ1) is 13.2. The zero-order valence-corrected chi connectivity index (χ0v) is 16.0. The van der Waals surface area contributed by atoms with E-state index in [-0.39, 0.29) is 6.03 Å². The molecule has 27 heavy (non-hydrogen) atoms. The first kappa shape index (κ1) is 18.9. The highest BCUT2D eigenvalue weighted by molar-refractivity contribution is 5.74. The molecule has 0 atom stereocenters. The molecule has 2 aromatic carbocycles. The van der Waals surface area contributed by atoms with Crippen LogP contribution < -0.4 is 19.7 Å². The summed E-state index contributed by atoms with van der Waals surface area (Å²) in [5, 5.41) is 2.99. The van der Waals surface area contributed by atoms with Crippen LogP contribution in [0.1, 0.15) is 12.5 Å². The van der Waals surface area contributed by atoms with Crippen LogP contribution in [0.4, 0.5) is 10.5 Å². The number of para-hydroxylation sites is 3. The molecule has 0 saturated carbocycles. The zero-order chi connectivity index (χ0) is 19.1. The first-order valence-electron chi connectivity index (χ1n) is 9.34. The van der Waals surface area contributed by atoms with Gasteiger partial charge in [-0.3, -0.25) is 0 Å². The minimum absolute atomic E-state index is 0.0429. The number of anilines is 1. The molecule has 1 N–H and O–H groups in total. The Kier molecular flexibility index (Phi) is 6.41. The summed E-state index contributed by atoms with van der Waals surface area (Å²) in [4.78, 5) is 16.6. The monoisotopic (exact) mass is 369 g/mol. The van der Waals surface area contributed by atoms with Gasteiger partial charge < -0.3 is 24.6 Å². The van der Waals surface area contributed by atoms with Crippen molar-refractivity contribution in [2.24, 2.45) is 0 Å². The van der Waals surface area contributed by atoms with Gasteiger partial charge in [-0.25, -0.2) is 4.79 Å².